The fourth-order valence-corrected chi connectivity index (χ4v) is 2.14. The molecule has 0 aromatic heterocycles. The maximum Gasteiger partial charge on any atom is 0.123 e. The van der Waals surface area contributed by atoms with Crippen LogP contribution in [0.25, 0.3) is 11.1 Å². The Balaban J connectivity index is 2.63. The molecule has 2 aromatic carbocycles. The van der Waals surface area contributed by atoms with Gasteiger partial charge in [-0.05, 0) is 17.7 Å². The van der Waals surface area contributed by atoms with Crippen LogP contribution in [0.1, 0.15) is 5.56 Å². The van der Waals surface area contributed by atoms with Gasteiger partial charge in [-0.25, -0.2) is 0 Å². The number of nitrogens with two attached hydrogens (primary N) is 1. The summed E-state index contributed by atoms with van der Waals surface area (Å²) in [6.45, 7) is 0.421. The number of rotatable bonds is 3. The molecule has 0 atom stereocenters. The van der Waals surface area contributed by atoms with Gasteiger partial charge in [-0.3, -0.25) is 0 Å². The Kier molecular flexibility index (Phi) is 3.67. The standard InChI is InChI=1S/C14H14ClNO/c1-17-14-8-4-6-10(12(14)9-16)11-5-2-3-7-13(11)15/h2-8H,9,16H2,1H3. The fraction of sp³-hybridized carbons (Fsp3) is 0.143. The lowest BCUT2D eigenvalue weighted by atomic mass is 9.99. The molecule has 88 valence electrons. The molecule has 0 heterocycles. The van der Waals surface area contributed by atoms with E-state index in [2.05, 4.69) is 0 Å². The molecule has 0 bridgehead atoms. The molecule has 2 aromatic rings. The van der Waals surface area contributed by atoms with Crippen molar-refractivity contribution < 1.29 is 4.74 Å². The summed E-state index contributed by atoms with van der Waals surface area (Å²) >= 11 is 6.20. The predicted octanol–water partition coefficient (Wildman–Crippen LogP) is 3.47. The second-order valence-corrected chi connectivity index (χ2v) is 4.08. The van der Waals surface area contributed by atoms with E-state index >= 15 is 0 Å². The molecule has 2 rings (SSSR count). The van der Waals surface area contributed by atoms with Crippen molar-refractivity contribution in [3.8, 4) is 16.9 Å². The van der Waals surface area contributed by atoms with Gasteiger partial charge in [-0.15, -0.1) is 0 Å². The number of hydrogen-bond donors (Lipinski definition) is 1. The fourth-order valence-electron chi connectivity index (χ4n) is 1.90. The van der Waals surface area contributed by atoms with Crippen molar-refractivity contribution in [1.82, 2.24) is 0 Å². The molecule has 0 fully saturated rings. The first-order valence-corrected chi connectivity index (χ1v) is 5.76. The van der Waals surface area contributed by atoms with Crippen LogP contribution in [0.15, 0.2) is 42.5 Å². The molecule has 0 unspecified atom stereocenters. The highest BCUT2D eigenvalue weighted by atomic mass is 35.5. The number of hydrogen-bond acceptors (Lipinski definition) is 2. The minimum Gasteiger partial charge on any atom is -0.496 e. The van der Waals surface area contributed by atoms with E-state index in [1.807, 2.05) is 42.5 Å². The van der Waals surface area contributed by atoms with Crippen LogP contribution in [0.5, 0.6) is 5.75 Å². The van der Waals surface area contributed by atoms with Crippen molar-refractivity contribution in [2.24, 2.45) is 5.73 Å². The van der Waals surface area contributed by atoms with Crippen LogP contribution in [0.3, 0.4) is 0 Å². The van der Waals surface area contributed by atoms with Gasteiger partial charge in [0.1, 0.15) is 5.75 Å². The third kappa shape index (κ3) is 2.28. The Morgan fingerprint density at radius 3 is 2.41 bits per heavy atom. The van der Waals surface area contributed by atoms with E-state index < -0.39 is 0 Å². The smallest absolute Gasteiger partial charge is 0.123 e. The topological polar surface area (TPSA) is 35.2 Å². The number of halogens is 1. The first-order chi connectivity index (χ1) is 8.27. The van der Waals surface area contributed by atoms with Crippen LogP contribution >= 0.6 is 11.6 Å². The van der Waals surface area contributed by atoms with Crippen LogP contribution in [-0.2, 0) is 6.54 Å². The Labute approximate surface area is 106 Å². The second-order valence-electron chi connectivity index (χ2n) is 3.67. The van der Waals surface area contributed by atoms with Gasteiger partial charge in [-0.1, -0.05) is 41.9 Å². The molecule has 0 amide bonds. The van der Waals surface area contributed by atoms with Crippen molar-refractivity contribution in [2.75, 3.05) is 7.11 Å². The summed E-state index contributed by atoms with van der Waals surface area (Å²) in [6.07, 6.45) is 0. The molecule has 0 saturated heterocycles. The molecule has 0 aliphatic carbocycles. The van der Waals surface area contributed by atoms with Gasteiger partial charge in [0.2, 0.25) is 0 Å². The van der Waals surface area contributed by atoms with E-state index in [0.717, 1.165) is 27.5 Å². The Morgan fingerprint density at radius 1 is 1.06 bits per heavy atom. The molecule has 0 radical (unpaired) electrons. The highest BCUT2D eigenvalue weighted by Crippen LogP contribution is 2.34. The molecule has 3 heteroatoms. The van der Waals surface area contributed by atoms with E-state index in [-0.39, 0.29) is 0 Å². The number of methoxy groups -OCH3 is 1. The summed E-state index contributed by atoms with van der Waals surface area (Å²) in [5.41, 5.74) is 8.77. The largest absolute Gasteiger partial charge is 0.496 e. The van der Waals surface area contributed by atoms with E-state index in [4.69, 9.17) is 22.1 Å². The van der Waals surface area contributed by atoms with Crippen LogP contribution in [-0.4, -0.2) is 7.11 Å². The molecule has 0 saturated carbocycles. The summed E-state index contributed by atoms with van der Waals surface area (Å²) in [7, 11) is 1.64. The van der Waals surface area contributed by atoms with Crippen LogP contribution in [0.2, 0.25) is 5.02 Å². The highest BCUT2D eigenvalue weighted by Gasteiger charge is 2.11. The van der Waals surface area contributed by atoms with Gasteiger partial charge in [0.25, 0.3) is 0 Å². The maximum absolute atomic E-state index is 6.20. The van der Waals surface area contributed by atoms with Crippen molar-refractivity contribution in [3.63, 3.8) is 0 Å². The normalized spacial score (nSPS) is 10.3. The van der Waals surface area contributed by atoms with Crippen molar-refractivity contribution in [3.05, 3.63) is 53.1 Å². The quantitative estimate of drug-likeness (QED) is 0.901. The predicted molar refractivity (Wildman–Crippen MR) is 71.3 cm³/mol. The Morgan fingerprint density at radius 2 is 1.76 bits per heavy atom. The van der Waals surface area contributed by atoms with Crippen molar-refractivity contribution in [2.45, 2.75) is 6.54 Å². The SMILES string of the molecule is COc1cccc(-c2ccccc2Cl)c1CN. The molecule has 2 nitrogen and oxygen atoms in total. The van der Waals surface area contributed by atoms with Crippen molar-refractivity contribution >= 4 is 11.6 Å². The highest BCUT2D eigenvalue weighted by molar-refractivity contribution is 6.33. The van der Waals surface area contributed by atoms with E-state index in [0.29, 0.717) is 6.54 Å². The first-order valence-electron chi connectivity index (χ1n) is 5.38. The van der Waals surface area contributed by atoms with Gasteiger partial charge in [0, 0.05) is 22.7 Å². The zero-order chi connectivity index (χ0) is 12.3. The van der Waals surface area contributed by atoms with E-state index in [1.54, 1.807) is 7.11 Å². The zero-order valence-corrected chi connectivity index (χ0v) is 10.4. The Hall–Kier alpha value is -1.51. The van der Waals surface area contributed by atoms with E-state index in [9.17, 15) is 0 Å². The molecule has 17 heavy (non-hydrogen) atoms. The van der Waals surface area contributed by atoms with Gasteiger partial charge >= 0.3 is 0 Å². The first kappa shape index (κ1) is 12.0. The third-order valence-corrected chi connectivity index (χ3v) is 3.05. The van der Waals surface area contributed by atoms with Gasteiger partial charge in [0.15, 0.2) is 0 Å². The lowest BCUT2D eigenvalue weighted by Gasteiger charge is -2.13. The van der Waals surface area contributed by atoms with Gasteiger partial charge < -0.3 is 10.5 Å². The molecule has 0 aliphatic heterocycles. The van der Waals surface area contributed by atoms with Gasteiger partial charge in [0.05, 0.1) is 7.11 Å². The third-order valence-electron chi connectivity index (χ3n) is 2.72. The molecular formula is C14H14ClNO. The lowest BCUT2D eigenvalue weighted by molar-refractivity contribution is 0.410. The minimum absolute atomic E-state index is 0.421. The lowest BCUT2D eigenvalue weighted by Crippen LogP contribution is -2.02. The number of ether oxygens (including phenoxy) is 1. The number of benzene rings is 2. The average molecular weight is 248 g/mol. The van der Waals surface area contributed by atoms with Crippen LogP contribution in [0.4, 0.5) is 0 Å². The monoisotopic (exact) mass is 247 g/mol. The van der Waals surface area contributed by atoms with Crippen LogP contribution < -0.4 is 10.5 Å². The Bertz CT molecular complexity index is 525. The molecule has 0 aliphatic rings. The summed E-state index contributed by atoms with van der Waals surface area (Å²) in [6, 6.07) is 13.6. The average Bonchev–Trinajstić information content (AvgIpc) is 2.38. The van der Waals surface area contributed by atoms with Gasteiger partial charge in [-0.2, -0.15) is 0 Å². The maximum atomic E-state index is 6.20. The molecule has 0 spiro atoms. The second kappa shape index (κ2) is 5.21. The molecular weight excluding hydrogens is 234 g/mol. The van der Waals surface area contributed by atoms with Crippen molar-refractivity contribution in [1.29, 1.82) is 0 Å². The zero-order valence-electron chi connectivity index (χ0n) is 9.61. The summed E-state index contributed by atoms with van der Waals surface area (Å²) in [4.78, 5) is 0. The van der Waals surface area contributed by atoms with Crippen LogP contribution in [0, 0.1) is 0 Å². The summed E-state index contributed by atoms with van der Waals surface area (Å²) in [5, 5.41) is 0.718. The summed E-state index contributed by atoms with van der Waals surface area (Å²) < 4.78 is 5.32. The van der Waals surface area contributed by atoms with E-state index in [1.165, 1.54) is 0 Å². The summed E-state index contributed by atoms with van der Waals surface area (Å²) in [5.74, 6) is 0.796. The minimum atomic E-state index is 0.421. The molecule has 2 N–H and O–H groups in total.